The van der Waals surface area contributed by atoms with Gasteiger partial charge in [-0.1, -0.05) is 27.2 Å². The van der Waals surface area contributed by atoms with Crippen LogP contribution in [0.1, 0.15) is 78.6 Å². The molecule has 2 aliphatic heterocycles. The van der Waals surface area contributed by atoms with Gasteiger partial charge in [-0.15, -0.1) is 0 Å². The molecule has 0 aromatic rings. The maximum atomic E-state index is 11.6. The number of carboxylic acid groups (broad SMARTS) is 1. The van der Waals surface area contributed by atoms with E-state index in [4.69, 9.17) is 0 Å². The molecule has 3 nitrogen and oxygen atoms in total. The Balaban J connectivity index is 1.68. The predicted molar refractivity (Wildman–Crippen MR) is 98.2 cm³/mol. The minimum absolute atomic E-state index is 0.227. The number of hydrogen-bond donors (Lipinski definition) is 2. The van der Waals surface area contributed by atoms with Gasteiger partial charge in [-0.2, -0.15) is 0 Å². The molecule has 2 heterocycles. The van der Waals surface area contributed by atoms with Gasteiger partial charge in [0.25, 0.3) is 0 Å². The second-order valence-corrected chi connectivity index (χ2v) is 10.7. The van der Waals surface area contributed by atoms with Gasteiger partial charge in [-0.3, -0.25) is 4.79 Å². The van der Waals surface area contributed by atoms with E-state index in [9.17, 15) is 9.90 Å². The molecule has 1 spiro atoms. The van der Waals surface area contributed by atoms with Crippen molar-refractivity contribution in [2.75, 3.05) is 0 Å². The Kier molecular flexibility index (Phi) is 3.34. The van der Waals surface area contributed by atoms with Crippen LogP contribution in [0.25, 0.3) is 0 Å². The van der Waals surface area contributed by atoms with Crippen molar-refractivity contribution in [1.29, 1.82) is 0 Å². The Labute approximate surface area is 152 Å². The van der Waals surface area contributed by atoms with E-state index >= 15 is 0 Å². The van der Waals surface area contributed by atoms with E-state index in [-0.39, 0.29) is 5.41 Å². The van der Waals surface area contributed by atoms with E-state index in [1.165, 1.54) is 44.9 Å². The fourth-order valence-electron chi connectivity index (χ4n) is 9.52. The van der Waals surface area contributed by atoms with Gasteiger partial charge in [0.15, 0.2) is 0 Å². The van der Waals surface area contributed by atoms with Gasteiger partial charge >= 0.3 is 5.97 Å². The summed E-state index contributed by atoms with van der Waals surface area (Å²) in [6.45, 7) is 7.37. The van der Waals surface area contributed by atoms with E-state index in [2.05, 4.69) is 26.1 Å². The molecule has 6 aliphatic rings. The first-order chi connectivity index (χ1) is 11.9. The molecule has 8 atom stereocenters. The molecule has 0 aromatic heterocycles. The Morgan fingerprint density at radius 2 is 1.96 bits per heavy atom. The monoisotopic (exact) mass is 345 g/mol. The molecular weight excluding hydrogens is 310 g/mol. The smallest absolute Gasteiger partial charge is 0.303 e. The van der Waals surface area contributed by atoms with Gasteiger partial charge in [-0.25, -0.2) is 0 Å². The molecule has 6 bridgehead atoms. The van der Waals surface area contributed by atoms with Crippen molar-refractivity contribution in [2.24, 2.45) is 39.9 Å². The summed E-state index contributed by atoms with van der Waals surface area (Å²) >= 11 is 0. The predicted octanol–water partition coefficient (Wildman–Crippen LogP) is 4.46. The molecule has 0 amide bonds. The molecule has 2 saturated heterocycles. The molecule has 0 aromatic carbocycles. The van der Waals surface area contributed by atoms with Crippen LogP contribution in [0.5, 0.6) is 0 Å². The summed E-state index contributed by atoms with van der Waals surface area (Å²) in [5, 5.41) is 13.8. The summed E-state index contributed by atoms with van der Waals surface area (Å²) in [6, 6.07) is 1.28. The van der Waals surface area contributed by atoms with Gasteiger partial charge in [0.05, 0.1) is 0 Å². The number of rotatable bonds is 4. The number of hydrogen-bond acceptors (Lipinski definition) is 2. The highest BCUT2D eigenvalue weighted by Gasteiger charge is 2.79. The van der Waals surface area contributed by atoms with Crippen LogP contribution in [0.4, 0.5) is 0 Å². The second-order valence-electron chi connectivity index (χ2n) is 10.7. The fraction of sp³-hybridized carbons (Fsp3) is 0.955. The third kappa shape index (κ3) is 1.71. The average molecular weight is 346 g/mol. The van der Waals surface area contributed by atoms with E-state index in [1.807, 2.05) is 0 Å². The van der Waals surface area contributed by atoms with Gasteiger partial charge in [0.2, 0.25) is 0 Å². The molecule has 0 radical (unpaired) electrons. The summed E-state index contributed by atoms with van der Waals surface area (Å²) in [5.74, 6) is 2.39. The lowest BCUT2D eigenvalue weighted by Crippen LogP contribution is -2.80. The number of carboxylic acids is 1. The summed E-state index contributed by atoms with van der Waals surface area (Å²) in [7, 11) is 0. The summed E-state index contributed by atoms with van der Waals surface area (Å²) in [4.78, 5) is 11.6. The Hall–Kier alpha value is -0.570. The molecule has 6 rings (SSSR count). The first-order valence-electron chi connectivity index (χ1n) is 10.8. The lowest BCUT2D eigenvalue weighted by molar-refractivity contribution is -0.247. The van der Waals surface area contributed by atoms with Crippen molar-refractivity contribution in [3.63, 3.8) is 0 Å². The van der Waals surface area contributed by atoms with Crippen molar-refractivity contribution in [1.82, 2.24) is 5.32 Å². The number of nitrogens with one attached hydrogen (secondary N) is 1. The molecular formula is C22H35NO2. The molecule has 4 saturated carbocycles. The standard InChI is InChI=1S/C22H35NO2/c1-13(2)14-6-10-20(3)15-7-11-21-9-4-5-16(21)22(20,12-8-17(24)25)18(14)23-19(15)21/h13-16,18-19,23H,4-12H2,1-3H3,(H,24,25)/t14-,15-,16-,18+,19-,20+,21-,22+/m1/s1. The first-order valence-corrected chi connectivity index (χ1v) is 10.8. The van der Waals surface area contributed by atoms with Crippen LogP contribution < -0.4 is 5.32 Å². The van der Waals surface area contributed by atoms with E-state index < -0.39 is 5.97 Å². The lowest BCUT2D eigenvalue weighted by Gasteiger charge is -2.76. The molecule has 25 heavy (non-hydrogen) atoms. The quantitative estimate of drug-likeness (QED) is 0.791. The molecule has 2 N–H and O–H groups in total. The highest BCUT2D eigenvalue weighted by Crippen LogP contribution is 2.80. The Morgan fingerprint density at radius 3 is 2.68 bits per heavy atom. The SMILES string of the molecule is CC(C)[C@H]1CC[C@@]2(C)[C@@H]3CC[C@]45CCC[C@H]4[C@@]2(CCC(=O)O)[C@H]1N[C@H]35. The van der Waals surface area contributed by atoms with Crippen LogP contribution >= 0.6 is 0 Å². The number of carbonyl (C=O) groups is 1. The van der Waals surface area contributed by atoms with Crippen LogP contribution in [0.15, 0.2) is 0 Å². The van der Waals surface area contributed by atoms with Crippen LogP contribution in [0, 0.1) is 39.9 Å². The number of piperidine rings is 2. The minimum Gasteiger partial charge on any atom is -0.481 e. The van der Waals surface area contributed by atoms with Crippen LogP contribution in [0.3, 0.4) is 0 Å². The second kappa shape index (κ2) is 5.03. The topological polar surface area (TPSA) is 49.3 Å². The van der Waals surface area contributed by atoms with Gasteiger partial charge < -0.3 is 10.4 Å². The van der Waals surface area contributed by atoms with Crippen molar-refractivity contribution in [3.05, 3.63) is 0 Å². The molecule has 4 aliphatic carbocycles. The summed E-state index contributed by atoms with van der Waals surface area (Å²) < 4.78 is 0. The zero-order chi connectivity index (χ0) is 17.6. The fourth-order valence-corrected chi connectivity index (χ4v) is 9.52. The van der Waals surface area contributed by atoms with E-state index in [0.717, 1.165) is 30.2 Å². The maximum Gasteiger partial charge on any atom is 0.303 e. The Morgan fingerprint density at radius 1 is 1.16 bits per heavy atom. The van der Waals surface area contributed by atoms with Crippen LogP contribution in [-0.4, -0.2) is 23.2 Å². The van der Waals surface area contributed by atoms with Crippen LogP contribution in [0.2, 0.25) is 0 Å². The van der Waals surface area contributed by atoms with Crippen LogP contribution in [-0.2, 0) is 4.79 Å². The maximum absolute atomic E-state index is 11.6. The van der Waals surface area contributed by atoms with Crippen molar-refractivity contribution in [3.8, 4) is 0 Å². The van der Waals surface area contributed by atoms with E-state index in [1.54, 1.807) is 0 Å². The third-order valence-corrected chi connectivity index (χ3v) is 10.2. The Bertz CT molecular complexity index is 603. The van der Waals surface area contributed by atoms with Crippen molar-refractivity contribution < 1.29 is 9.90 Å². The normalized spacial score (nSPS) is 55.6. The van der Waals surface area contributed by atoms with Gasteiger partial charge in [0, 0.05) is 18.5 Å². The highest BCUT2D eigenvalue weighted by atomic mass is 16.4. The van der Waals surface area contributed by atoms with Crippen molar-refractivity contribution in [2.45, 2.75) is 90.6 Å². The molecule has 6 fully saturated rings. The largest absolute Gasteiger partial charge is 0.481 e. The highest BCUT2D eigenvalue weighted by molar-refractivity contribution is 5.66. The first kappa shape index (κ1) is 16.6. The average Bonchev–Trinajstić information content (AvgIpc) is 3.12. The zero-order valence-electron chi connectivity index (χ0n) is 16.2. The number of aliphatic carboxylic acids is 1. The molecule has 140 valence electrons. The van der Waals surface area contributed by atoms with Crippen molar-refractivity contribution >= 4 is 5.97 Å². The lowest BCUT2D eigenvalue weighted by atomic mass is 9.33. The minimum atomic E-state index is -0.593. The van der Waals surface area contributed by atoms with E-state index in [0.29, 0.717) is 29.2 Å². The summed E-state index contributed by atoms with van der Waals surface area (Å²) in [5.41, 5.74) is 1.10. The molecule has 3 heteroatoms. The van der Waals surface area contributed by atoms with Gasteiger partial charge in [-0.05, 0) is 84.9 Å². The zero-order valence-corrected chi connectivity index (χ0v) is 16.2. The third-order valence-electron chi connectivity index (χ3n) is 10.2. The summed E-state index contributed by atoms with van der Waals surface area (Å²) in [6.07, 6.45) is 10.9. The molecule has 0 unspecified atom stereocenters. The van der Waals surface area contributed by atoms with Gasteiger partial charge in [0.1, 0.15) is 0 Å².